The van der Waals surface area contributed by atoms with Crippen LogP contribution < -0.4 is 5.32 Å². The van der Waals surface area contributed by atoms with Gasteiger partial charge in [0.05, 0.1) is 18.3 Å². The van der Waals surface area contributed by atoms with Gasteiger partial charge in [0.25, 0.3) is 0 Å². The minimum atomic E-state index is -1.03. The van der Waals surface area contributed by atoms with Crippen LogP contribution in [-0.4, -0.2) is 31.7 Å². The molecule has 0 fully saturated rings. The van der Waals surface area contributed by atoms with Crippen LogP contribution in [0.1, 0.15) is 22.9 Å². The molecule has 0 aliphatic heterocycles. The van der Waals surface area contributed by atoms with Gasteiger partial charge in [-0.15, -0.1) is 5.10 Å². The SMILES string of the molecule is O=C(NCc1ccco1)[C@@H](c1ccc(F)cc1)N(Cc1ccccc1)C(=O)Cn1nnc2ccccc21. The van der Waals surface area contributed by atoms with E-state index in [4.69, 9.17) is 4.42 Å². The third-order valence-corrected chi connectivity index (χ3v) is 5.98. The lowest BCUT2D eigenvalue weighted by Crippen LogP contribution is -2.44. The molecule has 0 saturated heterocycles. The van der Waals surface area contributed by atoms with Gasteiger partial charge in [-0.05, 0) is 47.5 Å². The molecule has 8 nitrogen and oxygen atoms in total. The summed E-state index contributed by atoms with van der Waals surface area (Å²) in [7, 11) is 0. The van der Waals surface area contributed by atoms with Crippen molar-refractivity contribution in [1.29, 1.82) is 0 Å². The quantitative estimate of drug-likeness (QED) is 0.329. The molecular formula is C28H24FN5O3. The zero-order chi connectivity index (χ0) is 25.6. The Morgan fingerprint density at radius 3 is 2.46 bits per heavy atom. The number of furan rings is 1. The molecule has 0 spiro atoms. The lowest BCUT2D eigenvalue weighted by atomic mass is 10.0. The third kappa shape index (κ3) is 5.56. The molecule has 0 saturated carbocycles. The predicted molar refractivity (Wildman–Crippen MR) is 134 cm³/mol. The highest BCUT2D eigenvalue weighted by Gasteiger charge is 2.32. The number of amides is 2. The summed E-state index contributed by atoms with van der Waals surface area (Å²) in [5.41, 5.74) is 2.68. The van der Waals surface area contributed by atoms with E-state index in [1.165, 1.54) is 40.1 Å². The summed E-state index contributed by atoms with van der Waals surface area (Å²) in [4.78, 5) is 28.9. The highest BCUT2D eigenvalue weighted by atomic mass is 19.1. The molecule has 0 aliphatic rings. The molecule has 1 N–H and O–H groups in total. The zero-order valence-electron chi connectivity index (χ0n) is 19.8. The second-order valence-electron chi connectivity index (χ2n) is 8.49. The smallest absolute Gasteiger partial charge is 0.247 e. The van der Waals surface area contributed by atoms with E-state index in [9.17, 15) is 14.0 Å². The Kier molecular flexibility index (Phi) is 7.02. The maximum atomic E-state index is 13.8. The van der Waals surface area contributed by atoms with E-state index in [0.717, 1.165) is 5.56 Å². The fraction of sp³-hybridized carbons (Fsp3) is 0.143. The van der Waals surface area contributed by atoms with E-state index in [1.54, 1.807) is 12.1 Å². The van der Waals surface area contributed by atoms with Crippen molar-refractivity contribution >= 4 is 22.8 Å². The van der Waals surface area contributed by atoms with Crippen LogP contribution in [0.3, 0.4) is 0 Å². The fourth-order valence-corrected chi connectivity index (χ4v) is 4.16. The maximum absolute atomic E-state index is 13.8. The first-order valence-corrected chi connectivity index (χ1v) is 11.8. The molecule has 2 heterocycles. The number of carbonyl (C=O) groups excluding carboxylic acids is 2. The Bertz CT molecular complexity index is 1480. The number of halogens is 1. The topological polar surface area (TPSA) is 93.3 Å². The molecule has 2 aromatic heterocycles. The zero-order valence-corrected chi connectivity index (χ0v) is 19.8. The van der Waals surface area contributed by atoms with E-state index in [1.807, 2.05) is 54.6 Å². The second-order valence-corrected chi connectivity index (χ2v) is 8.49. The van der Waals surface area contributed by atoms with Gasteiger partial charge in [0, 0.05) is 6.54 Å². The Labute approximate surface area is 212 Å². The number of aromatic nitrogens is 3. The first-order chi connectivity index (χ1) is 18.1. The van der Waals surface area contributed by atoms with Gasteiger partial charge in [-0.25, -0.2) is 9.07 Å². The van der Waals surface area contributed by atoms with E-state index in [-0.39, 0.29) is 25.5 Å². The average Bonchev–Trinajstić information content (AvgIpc) is 3.59. The lowest BCUT2D eigenvalue weighted by molar-refractivity contribution is -0.142. The van der Waals surface area contributed by atoms with Crippen LogP contribution in [0.4, 0.5) is 4.39 Å². The summed E-state index contributed by atoms with van der Waals surface area (Å²) >= 11 is 0. The van der Waals surface area contributed by atoms with Crippen LogP contribution in [0.2, 0.25) is 0 Å². The van der Waals surface area contributed by atoms with Crippen LogP contribution in [0.5, 0.6) is 0 Å². The van der Waals surface area contributed by atoms with Crippen LogP contribution in [0.15, 0.2) is 102 Å². The number of rotatable bonds is 9. The number of carbonyl (C=O) groups is 2. The molecule has 5 rings (SSSR count). The monoisotopic (exact) mass is 497 g/mol. The molecule has 0 unspecified atom stereocenters. The minimum absolute atomic E-state index is 0.128. The van der Waals surface area contributed by atoms with Crippen LogP contribution in [0.25, 0.3) is 11.0 Å². The van der Waals surface area contributed by atoms with Gasteiger partial charge in [0.1, 0.15) is 29.7 Å². The summed E-state index contributed by atoms with van der Waals surface area (Å²) in [6.45, 7) is 0.170. The van der Waals surface area contributed by atoms with Gasteiger partial charge in [0.15, 0.2) is 0 Å². The van der Waals surface area contributed by atoms with Gasteiger partial charge in [-0.1, -0.05) is 59.8 Å². The molecular weight excluding hydrogens is 473 g/mol. The van der Waals surface area contributed by atoms with Gasteiger partial charge in [0.2, 0.25) is 11.8 Å². The van der Waals surface area contributed by atoms with Crippen LogP contribution >= 0.6 is 0 Å². The van der Waals surface area contributed by atoms with E-state index in [2.05, 4.69) is 15.6 Å². The number of fused-ring (bicyclic) bond motifs is 1. The molecule has 37 heavy (non-hydrogen) atoms. The first-order valence-electron chi connectivity index (χ1n) is 11.8. The molecule has 186 valence electrons. The number of hydrogen-bond acceptors (Lipinski definition) is 5. The van der Waals surface area contributed by atoms with E-state index >= 15 is 0 Å². The van der Waals surface area contributed by atoms with Gasteiger partial charge in [-0.2, -0.15) is 0 Å². The number of para-hydroxylation sites is 1. The number of benzene rings is 3. The van der Waals surface area contributed by atoms with Crippen molar-refractivity contribution < 1.29 is 18.4 Å². The molecule has 0 bridgehead atoms. The maximum Gasteiger partial charge on any atom is 0.247 e. The fourth-order valence-electron chi connectivity index (χ4n) is 4.16. The van der Waals surface area contributed by atoms with E-state index in [0.29, 0.717) is 22.4 Å². The molecule has 9 heteroatoms. The molecule has 0 radical (unpaired) electrons. The molecule has 1 atom stereocenters. The van der Waals surface area contributed by atoms with Crippen LogP contribution in [0, 0.1) is 5.82 Å². The van der Waals surface area contributed by atoms with Crippen molar-refractivity contribution in [1.82, 2.24) is 25.2 Å². The van der Waals surface area contributed by atoms with Gasteiger partial charge in [-0.3, -0.25) is 9.59 Å². The summed E-state index contributed by atoms with van der Waals surface area (Å²) in [6, 6.07) is 24.7. The largest absolute Gasteiger partial charge is 0.467 e. The molecule has 3 aromatic carbocycles. The first kappa shape index (κ1) is 23.9. The Hall–Kier alpha value is -4.79. The van der Waals surface area contributed by atoms with Crippen molar-refractivity contribution in [2.45, 2.75) is 25.7 Å². The van der Waals surface area contributed by atoms with Crippen molar-refractivity contribution in [2.75, 3.05) is 0 Å². The van der Waals surface area contributed by atoms with E-state index < -0.39 is 17.8 Å². The van der Waals surface area contributed by atoms with Crippen molar-refractivity contribution in [3.8, 4) is 0 Å². The Balaban J connectivity index is 1.50. The second kappa shape index (κ2) is 10.9. The highest BCUT2D eigenvalue weighted by Crippen LogP contribution is 2.25. The van der Waals surface area contributed by atoms with Crippen LogP contribution in [-0.2, 0) is 29.2 Å². The minimum Gasteiger partial charge on any atom is -0.467 e. The average molecular weight is 498 g/mol. The molecule has 2 amide bonds. The standard InChI is InChI=1S/C28H24FN5O3/c29-22-14-12-21(13-15-22)27(28(36)30-17-23-9-6-16-37-23)33(18-20-7-2-1-3-8-20)26(35)19-34-25-11-5-4-10-24(25)31-32-34/h1-16,27H,17-19H2,(H,30,36)/t27-/m1/s1. The van der Waals surface area contributed by atoms with Gasteiger partial charge >= 0.3 is 0 Å². The predicted octanol–water partition coefficient (Wildman–Crippen LogP) is 4.25. The Morgan fingerprint density at radius 1 is 0.946 bits per heavy atom. The third-order valence-electron chi connectivity index (χ3n) is 5.98. The molecule has 5 aromatic rings. The summed E-state index contributed by atoms with van der Waals surface area (Å²) in [5, 5.41) is 11.1. The summed E-state index contributed by atoms with van der Waals surface area (Å²) in [5.74, 6) is -0.632. The lowest BCUT2D eigenvalue weighted by Gasteiger charge is -2.31. The summed E-state index contributed by atoms with van der Waals surface area (Å²) in [6.07, 6.45) is 1.52. The number of nitrogens with one attached hydrogen (secondary N) is 1. The number of hydrogen-bond donors (Lipinski definition) is 1. The highest BCUT2D eigenvalue weighted by molar-refractivity contribution is 5.89. The van der Waals surface area contributed by atoms with Gasteiger partial charge < -0.3 is 14.6 Å². The van der Waals surface area contributed by atoms with Crippen molar-refractivity contribution in [3.63, 3.8) is 0 Å². The molecule has 0 aliphatic carbocycles. The van der Waals surface area contributed by atoms with Crippen molar-refractivity contribution in [3.05, 3.63) is 120 Å². The normalized spacial score (nSPS) is 11.8. The number of nitrogens with zero attached hydrogens (tertiary/aromatic N) is 4. The summed E-state index contributed by atoms with van der Waals surface area (Å²) < 4.78 is 20.6. The Morgan fingerprint density at radius 2 is 1.70 bits per heavy atom. The van der Waals surface area contributed by atoms with Crippen molar-refractivity contribution in [2.24, 2.45) is 0 Å².